The van der Waals surface area contributed by atoms with E-state index in [-0.39, 0.29) is 6.10 Å². The molecule has 1 aromatic heterocycles. The van der Waals surface area contributed by atoms with Crippen molar-refractivity contribution >= 4 is 5.95 Å². The van der Waals surface area contributed by atoms with Gasteiger partial charge in [0, 0.05) is 18.8 Å². The molecular weight excluding hydrogens is 214 g/mol. The largest absolute Gasteiger partial charge is 0.475 e. The minimum absolute atomic E-state index is 0.146. The quantitative estimate of drug-likeness (QED) is 0.852. The van der Waals surface area contributed by atoms with Gasteiger partial charge >= 0.3 is 0 Å². The lowest BCUT2D eigenvalue weighted by molar-refractivity contribution is 0.232. The van der Waals surface area contributed by atoms with Crippen LogP contribution in [0.5, 0.6) is 5.88 Å². The first-order chi connectivity index (χ1) is 8.24. The van der Waals surface area contributed by atoms with Gasteiger partial charge in [-0.25, -0.2) is 4.98 Å². The molecule has 1 fully saturated rings. The summed E-state index contributed by atoms with van der Waals surface area (Å²) in [5.74, 6) is 2.10. The molecule has 17 heavy (non-hydrogen) atoms. The summed E-state index contributed by atoms with van der Waals surface area (Å²) in [5.41, 5.74) is 0. The summed E-state index contributed by atoms with van der Waals surface area (Å²) in [5, 5.41) is 3.30. The maximum absolute atomic E-state index is 5.54. The van der Waals surface area contributed by atoms with Crippen LogP contribution in [0.2, 0.25) is 0 Å². The molecule has 0 aliphatic heterocycles. The van der Waals surface area contributed by atoms with E-state index in [1.165, 1.54) is 25.7 Å². The number of hydrogen-bond acceptors (Lipinski definition) is 4. The Morgan fingerprint density at radius 2 is 2.18 bits per heavy atom. The van der Waals surface area contributed by atoms with Crippen LogP contribution < -0.4 is 10.1 Å². The lowest BCUT2D eigenvalue weighted by Crippen LogP contribution is -2.14. The molecule has 1 aliphatic rings. The molecule has 1 heterocycles. The maximum atomic E-state index is 5.54. The Morgan fingerprint density at radius 3 is 2.88 bits per heavy atom. The zero-order valence-corrected chi connectivity index (χ0v) is 10.6. The molecule has 2 rings (SSSR count). The highest BCUT2D eigenvalue weighted by Gasteiger charge is 2.14. The van der Waals surface area contributed by atoms with Gasteiger partial charge in [0.25, 0.3) is 0 Å². The van der Waals surface area contributed by atoms with E-state index >= 15 is 0 Å². The topological polar surface area (TPSA) is 47.0 Å². The molecule has 0 atom stereocenters. The molecule has 4 nitrogen and oxygen atoms in total. The standard InChI is InChI=1S/C13H21N3O/c1-10(2)17-12-7-8-14-13(16-12)15-9-11-5-3-4-6-11/h7-8,10-11H,3-6,9H2,1-2H3,(H,14,15,16). The first-order valence-electron chi connectivity index (χ1n) is 6.47. The minimum Gasteiger partial charge on any atom is -0.475 e. The molecule has 0 unspecified atom stereocenters. The van der Waals surface area contributed by atoms with E-state index in [2.05, 4.69) is 15.3 Å². The number of ether oxygens (including phenoxy) is 1. The Bertz CT molecular complexity index is 348. The predicted molar refractivity (Wildman–Crippen MR) is 68.2 cm³/mol. The normalized spacial score (nSPS) is 16.4. The Hall–Kier alpha value is -1.32. The van der Waals surface area contributed by atoms with E-state index in [4.69, 9.17) is 4.74 Å². The molecule has 0 spiro atoms. The monoisotopic (exact) mass is 235 g/mol. The van der Waals surface area contributed by atoms with Gasteiger partial charge in [-0.1, -0.05) is 12.8 Å². The molecule has 0 radical (unpaired) electrons. The molecule has 1 saturated carbocycles. The van der Waals surface area contributed by atoms with Crippen LogP contribution in [-0.2, 0) is 0 Å². The van der Waals surface area contributed by atoms with Crippen molar-refractivity contribution < 1.29 is 4.74 Å². The fraction of sp³-hybridized carbons (Fsp3) is 0.692. The molecule has 0 bridgehead atoms. The van der Waals surface area contributed by atoms with Crippen molar-refractivity contribution in [3.8, 4) is 5.88 Å². The van der Waals surface area contributed by atoms with Crippen LogP contribution in [0.3, 0.4) is 0 Å². The summed E-state index contributed by atoms with van der Waals surface area (Å²) in [7, 11) is 0. The molecule has 0 aromatic carbocycles. The number of aromatic nitrogens is 2. The lowest BCUT2D eigenvalue weighted by atomic mass is 10.1. The third-order valence-corrected chi connectivity index (χ3v) is 3.01. The van der Waals surface area contributed by atoms with Crippen LogP contribution in [0.4, 0.5) is 5.95 Å². The zero-order chi connectivity index (χ0) is 12.1. The average molecular weight is 235 g/mol. The number of hydrogen-bond donors (Lipinski definition) is 1. The summed E-state index contributed by atoms with van der Waals surface area (Å²) in [6.07, 6.45) is 7.27. The van der Waals surface area contributed by atoms with Crippen molar-refractivity contribution in [1.82, 2.24) is 9.97 Å². The molecular formula is C13H21N3O. The summed E-state index contributed by atoms with van der Waals surface area (Å²) in [6, 6.07) is 1.79. The maximum Gasteiger partial charge on any atom is 0.225 e. The number of nitrogens with one attached hydrogen (secondary N) is 1. The average Bonchev–Trinajstić information content (AvgIpc) is 2.79. The van der Waals surface area contributed by atoms with Crippen LogP contribution in [0.25, 0.3) is 0 Å². The van der Waals surface area contributed by atoms with Gasteiger partial charge in [0.2, 0.25) is 11.8 Å². The molecule has 0 saturated heterocycles. The van der Waals surface area contributed by atoms with Gasteiger partial charge in [-0.05, 0) is 32.6 Å². The fourth-order valence-electron chi connectivity index (χ4n) is 2.18. The van der Waals surface area contributed by atoms with E-state index in [1.807, 2.05) is 13.8 Å². The zero-order valence-electron chi connectivity index (χ0n) is 10.6. The van der Waals surface area contributed by atoms with Crippen LogP contribution in [0.15, 0.2) is 12.3 Å². The lowest BCUT2D eigenvalue weighted by Gasteiger charge is -2.12. The van der Waals surface area contributed by atoms with Crippen molar-refractivity contribution in [2.75, 3.05) is 11.9 Å². The second kappa shape index (κ2) is 5.84. The Morgan fingerprint density at radius 1 is 1.41 bits per heavy atom. The molecule has 1 N–H and O–H groups in total. The van der Waals surface area contributed by atoms with Gasteiger partial charge in [0.05, 0.1) is 6.10 Å². The first-order valence-corrected chi connectivity index (χ1v) is 6.47. The highest BCUT2D eigenvalue weighted by Crippen LogP contribution is 2.24. The Balaban J connectivity index is 1.86. The van der Waals surface area contributed by atoms with Crippen LogP contribution >= 0.6 is 0 Å². The van der Waals surface area contributed by atoms with E-state index in [0.717, 1.165) is 12.5 Å². The summed E-state index contributed by atoms with van der Waals surface area (Å²) < 4.78 is 5.54. The van der Waals surface area contributed by atoms with Crippen molar-refractivity contribution in [2.24, 2.45) is 5.92 Å². The van der Waals surface area contributed by atoms with E-state index in [9.17, 15) is 0 Å². The van der Waals surface area contributed by atoms with Crippen molar-refractivity contribution in [2.45, 2.75) is 45.6 Å². The van der Waals surface area contributed by atoms with Crippen molar-refractivity contribution in [3.63, 3.8) is 0 Å². The smallest absolute Gasteiger partial charge is 0.225 e. The molecule has 94 valence electrons. The van der Waals surface area contributed by atoms with Crippen LogP contribution in [0, 0.1) is 5.92 Å². The van der Waals surface area contributed by atoms with Gasteiger partial charge in [0.15, 0.2) is 0 Å². The molecule has 1 aliphatic carbocycles. The summed E-state index contributed by atoms with van der Waals surface area (Å²) >= 11 is 0. The number of anilines is 1. The van der Waals surface area contributed by atoms with Crippen LogP contribution in [-0.4, -0.2) is 22.6 Å². The summed E-state index contributed by atoms with van der Waals surface area (Å²) in [4.78, 5) is 8.53. The third kappa shape index (κ3) is 3.88. The van der Waals surface area contributed by atoms with Gasteiger partial charge in [-0.2, -0.15) is 4.98 Å². The number of rotatable bonds is 5. The molecule has 4 heteroatoms. The third-order valence-electron chi connectivity index (χ3n) is 3.01. The van der Waals surface area contributed by atoms with Gasteiger partial charge in [0.1, 0.15) is 0 Å². The summed E-state index contributed by atoms with van der Waals surface area (Å²) in [6.45, 7) is 4.96. The van der Waals surface area contributed by atoms with Gasteiger partial charge in [-0.3, -0.25) is 0 Å². The second-order valence-electron chi connectivity index (χ2n) is 4.92. The van der Waals surface area contributed by atoms with Gasteiger partial charge < -0.3 is 10.1 Å². The minimum atomic E-state index is 0.146. The van der Waals surface area contributed by atoms with Crippen molar-refractivity contribution in [3.05, 3.63) is 12.3 Å². The molecule has 0 amide bonds. The van der Waals surface area contributed by atoms with E-state index in [1.54, 1.807) is 12.3 Å². The van der Waals surface area contributed by atoms with E-state index in [0.29, 0.717) is 11.8 Å². The second-order valence-corrected chi connectivity index (χ2v) is 4.92. The first kappa shape index (κ1) is 12.1. The van der Waals surface area contributed by atoms with E-state index < -0.39 is 0 Å². The Kier molecular flexibility index (Phi) is 4.18. The predicted octanol–water partition coefficient (Wildman–Crippen LogP) is 2.87. The van der Waals surface area contributed by atoms with Crippen molar-refractivity contribution in [1.29, 1.82) is 0 Å². The number of nitrogens with zero attached hydrogens (tertiary/aromatic N) is 2. The fourth-order valence-corrected chi connectivity index (χ4v) is 2.18. The van der Waals surface area contributed by atoms with Gasteiger partial charge in [-0.15, -0.1) is 0 Å². The molecule has 1 aromatic rings. The SMILES string of the molecule is CC(C)Oc1ccnc(NCC2CCCC2)n1. The van der Waals surface area contributed by atoms with Crippen LogP contribution in [0.1, 0.15) is 39.5 Å². The highest BCUT2D eigenvalue weighted by molar-refractivity contribution is 5.27. The highest BCUT2D eigenvalue weighted by atomic mass is 16.5. The Labute approximate surface area is 103 Å².